The molecular formula is C21H33NO5. The Morgan fingerprint density at radius 1 is 0.852 bits per heavy atom. The summed E-state index contributed by atoms with van der Waals surface area (Å²) in [4.78, 5) is 22.3. The number of phenolic OH excluding ortho intramolecular Hbond substituents is 2. The van der Waals surface area contributed by atoms with Crippen LogP contribution in [0.15, 0.2) is 12.1 Å². The number of carboxylic acid groups (broad SMARTS) is 1. The molecule has 27 heavy (non-hydrogen) atoms. The number of aromatic hydroxyl groups is 2. The highest BCUT2D eigenvalue weighted by Crippen LogP contribution is 2.27. The first-order valence-corrected chi connectivity index (χ1v) is 9.90. The van der Waals surface area contributed by atoms with Gasteiger partial charge in [-0.2, -0.15) is 0 Å². The quantitative estimate of drug-likeness (QED) is 0.288. The van der Waals surface area contributed by atoms with Crippen LogP contribution in [0.5, 0.6) is 11.5 Å². The lowest BCUT2D eigenvalue weighted by Crippen LogP contribution is -2.24. The fraction of sp³-hybridized carbons (Fsp3) is 0.619. The smallest absolute Gasteiger partial charge is 0.303 e. The number of carboxylic acids is 1. The molecule has 0 aromatic heterocycles. The van der Waals surface area contributed by atoms with Gasteiger partial charge in [-0.05, 0) is 49.4 Å². The van der Waals surface area contributed by atoms with Crippen molar-refractivity contribution in [3.05, 3.63) is 23.3 Å². The number of amides is 1. The van der Waals surface area contributed by atoms with Crippen LogP contribution >= 0.6 is 0 Å². The molecule has 4 N–H and O–H groups in total. The van der Waals surface area contributed by atoms with Gasteiger partial charge in [0.25, 0.3) is 0 Å². The van der Waals surface area contributed by atoms with E-state index >= 15 is 0 Å². The zero-order valence-electron chi connectivity index (χ0n) is 16.3. The lowest BCUT2D eigenvalue weighted by molar-refractivity contribution is -0.137. The molecule has 1 aromatic rings. The molecule has 0 atom stereocenters. The Morgan fingerprint density at radius 3 is 2.07 bits per heavy atom. The second-order valence-corrected chi connectivity index (χ2v) is 7.09. The molecule has 1 amide bonds. The number of nitrogens with one attached hydrogen (secondary N) is 1. The van der Waals surface area contributed by atoms with Gasteiger partial charge >= 0.3 is 5.97 Å². The van der Waals surface area contributed by atoms with Crippen molar-refractivity contribution >= 4 is 11.9 Å². The molecular weight excluding hydrogens is 346 g/mol. The molecule has 0 saturated heterocycles. The lowest BCUT2D eigenvalue weighted by Gasteiger charge is -2.08. The standard InChI is InChI=1S/C21H33NO5/c1-16-14-19(24)17(15-18(16)23)11-12-20(25)22-13-9-7-5-3-2-4-6-8-10-21(26)27/h14-15,23-24H,2-13H2,1H3,(H,22,25)(H,26,27). The van der Waals surface area contributed by atoms with Gasteiger partial charge in [0.05, 0.1) is 0 Å². The summed E-state index contributed by atoms with van der Waals surface area (Å²) >= 11 is 0. The van der Waals surface area contributed by atoms with Crippen molar-refractivity contribution in [3.63, 3.8) is 0 Å². The van der Waals surface area contributed by atoms with Crippen molar-refractivity contribution in [2.75, 3.05) is 6.54 Å². The maximum atomic E-state index is 11.9. The maximum Gasteiger partial charge on any atom is 0.303 e. The summed E-state index contributed by atoms with van der Waals surface area (Å²) in [6.07, 6.45) is 9.22. The summed E-state index contributed by atoms with van der Waals surface area (Å²) in [6.45, 7) is 2.37. The number of carbonyl (C=O) groups excluding carboxylic acids is 1. The van der Waals surface area contributed by atoms with E-state index in [4.69, 9.17) is 5.11 Å². The molecule has 0 bridgehead atoms. The minimum absolute atomic E-state index is 0.0482. The normalized spacial score (nSPS) is 10.7. The van der Waals surface area contributed by atoms with E-state index in [0.29, 0.717) is 24.1 Å². The maximum absolute atomic E-state index is 11.9. The van der Waals surface area contributed by atoms with Crippen LogP contribution in [0.1, 0.15) is 75.3 Å². The number of carbonyl (C=O) groups is 2. The zero-order valence-corrected chi connectivity index (χ0v) is 16.3. The van der Waals surface area contributed by atoms with E-state index in [9.17, 15) is 19.8 Å². The molecule has 6 nitrogen and oxygen atoms in total. The van der Waals surface area contributed by atoms with E-state index in [2.05, 4.69) is 5.32 Å². The monoisotopic (exact) mass is 379 g/mol. The second-order valence-electron chi connectivity index (χ2n) is 7.09. The van der Waals surface area contributed by atoms with Crippen molar-refractivity contribution in [2.24, 2.45) is 0 Å². The Bertz CT molecular complexity index is 600. The fourth-order valence-electron chi connectivity index (χ4n) is 2.95. The summed E-state index contributed by atoms with van der Waals surface area (Å²) in [5.74, 6) is -0.523. The van der Waals surface area contributed by atoms with Gasteiger partial charge in [-0.15, -0.1) is 0 Å². The minimum Gasteiger partial charge on any atom is -0.508 e. The summed E-state index contributed by atoms with van der Waals surface area (Å²) < 4.78 is 0. The van der Waals surface area contributed by atoms with Crippen LogP contribution in [0.2, 0.25) is 0 Å². The molecule has 0 radical (unpaired) electrons. The van der Waals surface area contributed by atoms with Crippen molar-refractivity contribution < 1.29 is 24.9 Å². The second kappa shape index (κ2) is 13.0. The minimum atomic E-state index is -0.717. The first-order valence-electron chi connectivity index (χ1n) is 9.90. The number of unbranched alkanes of at least 4 members (excludes halogenated alkanes) is 7. The third-order valence-corrected chi connectivity index (χ3v) is 4.66. The molecule has 0 aliphatic rings. The average molecular weight is 379 g/mol. The van der Waals surface area contributed by atoms with Gasteiger partial charge in [-0.25, -0.2) is 0 Å². The lowest BCUT2D eigenvalue weighted by atomic mass is 10.0. The largest absolute Gasteiger partial charge is 0.508 e. The van der Waals surface area contributed by atoms with Gasteiger partial charge in [-0.3, -0.25) is 9.59 Å². The van der Waals surface area contributed by atoms with Crippen LogP contribution in [-0.4, -0.2) is 33.7 Å². The van der Waals surface area contributed by atoms with Crippen LogP contribution in [-0.2, 0) is 16.0 Å². The van der Waals surface area contributed by atoms with Crippen LogP contribution in [0.4, 0.5) is 0 Å². The van der Waals surface area contributed by atoms with Gasteiger partial charge in [0.1, 0.15) is 11.5 Å². The predicted octanol–water partition coefficient (Wildman–Crippen LogP) is 4.05. The molecule has 0 unspecified atom stereocenters. The van der Waals surface area contributed by atoms with Crippen molar-refractivity contribution in [1.82, 2.24) is 5.32 Å². The Balaban J connectivity index is 2.00. The first-order chi connectivity index (χ1) is 12.9. The molecule has 1 aromatic carbocycles. The molecule has 0 aliphatic heterocycles. The van der Waals surface area contributed by atoms with Gasteiger partial charge in [-0.1, -0.05) is 38.5 Å². The fourth-order valence-corrected chi connectivity index (χ4v) is 2.95. The van der Waals surface area contributed by atoms with Crippen LogP contribution < -0.4 is 5.32 Å². The van der Waals surface area contributed by atoms with E-state index in [0.717, 1.165) is 51.4 Å². The van der Waals surface area contributed by atoms with Gasteiger partial charge in [0.15, 0.2) is 0 Å². The third-order valence-electron chi connectivity index (χ3n) is 4.66. The Morgan fingerprint density at radius 2 is 1.44 bits per heavy atom. The van der Waals surface area contributed by atoms with Crippen molar-refractivity contribution in [3.8, 4) is 11.5 Å². The summed E-state index contributed by atoms with van der Waals surface area (Å²) in [7, 11) is 0. The molecule has 1 rings (SSSR count). The van der Waals surface area contributed by atoms with E-state index < -0.39 is 5.97 Å². The van der Waals surface area contributed by atoms with Crippen molar-refractivity contribution in [2.45, 2.75) is 77.6 Å². The molecule has 0 aliphatic carbocycles. The van der Waals surface area contributed by atoms with Gasteiger partial charge < -0.3 is 20.6 Å². The molecule has 6 heteroatoms. The van der Waals surface area contributed by atoms with E-state index in [1.165, 1.54) is 12.1 Å². The molecule has 0 fully saturated rings. The number of benzene rings is 1. The number of aryl methyl sites for hydroxylation is 2. The molecule has 152 valence electrons. The van der Waals surface area contributed by atoms with Crippen LogP contribution in [0.3, 0.4) is 0 Å². The SMILES string of the molecule is Cc1cc(O)c(CCC(=O)NCCCCCCCCCCC(=O)O)cc1O. The van der Waals surface area contributed by atoms with Gasteiger partial charge in [0.2, 0.25) is 5.91 Å². The molecule has 0 heterocycles. The number of hydrogen-bond donors (Lipinski definition) is 4. The highest BCUT2D eigenvalue weighted by molar-refractivity contribution is 5.76. The van der Waals surface area contributed by atoms with Crippen molar-refractivity contribution in [1.29, 1.82) is 0 Å². The molecule has 0 saturated carbocycles. The molecule has 0 spiro atoms. The average Bonchev–Trinajstić information content (AvgIpc) is 2.61. The number of hydrogen-bond acceptors (Lipinski definition) is 4. The summed E-state index contributed by atoms with van der Waals surface area (Å²) in [5.41, 5.74) is 1.19. The number of phenols is 2. The highest BCUT2D eigenvalue weighted by atomic mass is 16.4. The zero-order chi connectivity index (χ0) is 20.1. The predicted molar refractivity (Wildman–Crippen MR) is 105 cm³/mol. The van der Waals surface area contributed by atoms with E-state index in [1.807, 2.05) is 0 Å². The Kier molecular flexibility index (Phi) is 11.0. The topological polar surface area (TPSA) is 107 Å². The van der Waals surface area contributed by atoms with Gasteiger partial charge in [0, 0.05) is 19.4 Å². The number of aliphatic carboxylic acids is 1. The highest BCUT2D eigenvalue weighted by Gasteiger charge is 2.08. The summed E-state index contributed by atoms with van der Waals surface area (Å²) in [6, 6.07) is 3.02. The van der Waals surface area contributed by atoms with E-state index in [1.54, 1.807) is 6.92 Å². The van der Waals surface area contributed by atoms with E-state index in [-0.39, 0.29) is 30.2 Å². The third kappa shape index (κ3) is 10.5. The number of rotatable bonds is 14. The Labute approximate surface area is 161 Å². The Hall–Kier alpha value is -2.24. The van der Waals surface area contributed by atoms with Crippen LogP contribution in [0, 0.1) is 6.92 Å². The first kappa shape index (κ1) is 22.8. The summed E-state index contributed by atoms with van der Waals surface area (Å²) in [5, 5.41) is 31.0. The van der Waals surface area contributed by atoms with Crippen LogP contribution in [0.25, 0.3) is 0 Å².